The summed E-state index contributed by atoms with van der Waals surface area (Å²) >= 11 is 0. The summed E-state index contributed by atoms with van der Waals surface area (Å²) < 4.78 is 5.20. The van der Waals surface area contributed by atoms with Crippen LogP contribution in [0.5, 0.6) is 0 Å². The molecule has 0 saturated carbocycles. The maximum atomic E-state index is 11.7. The number of ether oxygens (including phenoxy) is 1. The lowest BCUT2D eigenvalue weighted by atomic mass is 9.85. The predicted octanol–water partition coefficient (Wildman–Crippen LogP) is 5.53. The summed E-state index contributed by atoms with van der Waals surface area (Å²) in [5.74, 6) is -0.226. The van der Waals surface area contributed by atoms with Gasteiger partial charge in [-0.3, -0.25) is 4.79 Å². The lowest BCUT2D eigenvalue weighted by Crippen LogP contribution is -2.22. The summed E-state index contributed by atoms with van der Waals surface area (Å²) in [4.78, 5) is 14.6. The molecule has 0 bridgehead atoms. The topological polar surface area (TPSA) is 75.1 Å². The van der Waals surface area contributed by atoms with Crippen molar-refractivity contribution in [2.24, 2.45) is 10.5 Å². The quantitative estimate of drug-likeness (QED) is 0.317. The number of esters is 1. The summed E-state index contributed by atoms with van der Waals surface area (Å²) in [5.41, 5.74) is 10.6. The molecule has 0 saturated heterocycles. The second-order valence-corrected chi connectivity index (χ2v) is 7.47. The summed E-state index contributed by atoms with van der Waals surface area (Å²) in [6, 6.07) is 5.68. The highest BCUT2D eigenvalue weighted by atomic mass is 16.5. The van der Waals surface area contributed by atoms with Gasteiger partial charge in [0.05, 0.1) is 5.41 Å². The fraction of sp³-hybridized carbons (Fsp3) is 0.500. The van der Waals surface area contributed by atoms with E-state index in [0.29, 0.717) is 5.69 Å². The summed E-state index contributed by atoms with van der Waals surface area (Å²) in [7, 11) is 0. The van der Waals surface area contributed by atoms with Gasteiger partial charge in [0.1, 0.15) is 6.61 Å². The molecule has 0 heterocycles. The number of hydrogen-bond acceptors (Lipinski definition) is 3. The van der Waals surface area contributed by atoms with Gasteiger partial charge >= 0.3 is 5.97 Å². The van der Waals surface area contributed by atoms with Gasteiger partial charge in [0.15, 0.2) is 0 Å². The van der Waals surface area contributed by atoms with Crippen LogP contribution >= 0.6 is 0 Å². The molecule has 0 aliphatic heterocycles. The molecular weight excluding hydrogens is 290 g/mol. The molecule has 0 aliphatic rings. The zero-order chi connectivity index (χ0) is 17.7. The van der Waals surface area contributed by atoms with Crippen LogP contribution in [0, 0.1) is 5.41 Å². The zero-order valence-corrected chi connectivity index (χ0v) is 14.8. The zero-order valence-electron chi connectivity index (χ0n) is 14.8. The van der Waals surface area contributed by atoms with Crippen LogP contribution in [-0.4, -0.2) is 12.6 Å². The standard InChI is InChI=1S/C18H25N3O2/c1-17(2,3)14-12-13(9-10-15(14)20-21-19)8-7-11-23-16(22)18(4,5)6/h7-10,12H,11H2,1-6H3/b8-7+. The molecule has 0 unspecified atom stereocenters. The molecule has 0 radical (unpaired) electrons. The Bertz CT molecular complexity index is 643. The minimum absolute atomic E-state index is 0.133. The van der Waals surface area contributed by atoms with E-state index < -0.39 is 5.41 Å². The van der Waals surface area contributed by atoms with Crippen LogP contribution in [0.2, 0.25) is 0 Å². The third-order valence-corrected chi connectivity index (χ3v) is 3.21. The lowest BCUT2D eigenvalue weighted by Gasteiger charge is -2.21. The van der Waals surface area contributed by atoms with Crippen molar-refractivity contribution in [2.75, 3.05) is 6.61 Å². The van der Waals surface area contributed by atoms with Crippen molar-refractivity contribution in [2.45, 2.75) is 47.0 Å². The number of benzene rings is 1. The van der Waals surface area contributed by atoms with E-state index in [2.05, 4.69) is 30.8 Å². The van der Waals surface area contributed by atoms with Gasteiger partial charge in [-0.15, -0.1) is 0 Å². The number of rotatable bonds is 4. The second-order valence-electron chi connectivity index (χ2n) is 7.47. The van der Waals surface area contributed by atoms with Gasteiger partial charge < -0.3 is 4.74 Å². The van der Waals surface area contributed by atoms with E-state index in [1.54, 1.807) is 12.1 Å². The van der Waals surface area contributed by atoms with Crippen molar-refractivity contribution in [3.63, 3.8) is 0 Å². The third-order valence-electron chi connectivity index (χ3n) is 3.21. The van der Waals surface area contributed by atoms with Crippen LogP contribution < -0.4 is 0 Å². The number of carbonyl (C=O) groups excluding carboxylic acids is 1. The average Bonchev–Trinajstić information content (AvgIpc) is 2.42. The van der Waals surface area contributed by atoms with Gasteiger partial charge in [-0.2, -0.15) is 0 Å². The van der Waals surface area contributed by atoms with Crippen molar-refractivity contribution >= 4 is 17.7 Å². The SMILES string of the molecule is CC(C)(C)C(=O)OC/C=C/c1ccc(N=[N+]=[N-])c(C(C)(C)C)c1. The third kappa shape index (κ3) is 5.80. The molecule has 0 spiro atoms. The number of hydrogen-bond donors (Lipinski definition) is 0. The normalized spacial score (nSPS) is 12.1. The van der Waals surface area contributed by atoms with Gasteiger partial charge in [0, 0.05) is 10.6 Å². The van der Waals surface area contributed by atoms with Gasteiger partial charge in [0.25, 0.3) is 0 Å². The Morgan fingerprint density at radius 3 is 2.43 bits per heavy atom. The molecule has 0 atom stereocenters. The minimum Gasteiger partial charge on any atom is -0.461 e. The maximum Gasteiger partial charge on any atom is 0.311 e. The number of carbonyl (C=O) groups is 1. The summed E-state index contributed by atoms with van der Waals surface area (Å²) in [6.45, 7) is 11.9. The van der Waals surface area contributed by atoms with Crippen LogP contribution in [0.1, 0.15) is 52.7 Å². The average molecular weight is 315 g/mol. The molecule has 5 nitrogen and oxygen atoms in total. The van der Waals surface area contributed by atoms with Crippen LogP contribution in [0.4, 0.5) is 5.69 Å². The van der Waals surface area contributed by atoms with Crippen LogP contribution in [0.25, 0.3) is 16.5 Å². The molecule has 23 heavy (non-hydrogen) atoms. The van der Waals surface area contributed by atoms with Crippen molar-refractivity contribution in [1.82, 2.24) is 0 Å². The van der Waals surface area contributed by atoms with Gasteiger partial charge in [-0.1, -0.05) is 50.2 Å². The molecule has 5 heteroatoms. The Hall–Kier alpha value is -2.26. The molecule has 1 aromatic rings. The van der Waals surface area contributed by atoms with E-state index in [1.165, 1.54) is 0 Å². The van der Waals surface area contributed by atoms with Crippen molar-refractivity contribution in [3.8, 4) is 0 Å². The van der Waals surface area contributed by atoms with Crippen LogP contribution in [-0.2, 0) is 14.9 Å². The van der Waals surface area contributed by atoms with Gasteiger partial charge in [0.2, 0.25) is 0 Å². The Kier molecular flexibility index (Phi) is 5.99. The lowest BCUT2D eigenvalue weighted by molar-refractivity contribution is -0.151. The maximum absolute atomic E-state index is 11.7. The molecule has 124 valence electrons. The van der Waals surface area contributed by atoms with E-state index in [0.717, 1.165) is 11.1 Å². The first-order valence-corrected chi connectivity index (χ1v) is 7.59. The summed E-state index contributed by atoms with van der Waals surface area (Å²) in [5, 5.41) is 3.75. The number of nitrogens with zero attached hydrogens (tertiary/aromatic N) is 3. The van der Waals surface area contributed by atoms with Gasteiger partial charge in [-0.05, 0) is 48.9 Å². The minimum atomic E-state index is -0.496. The highest BCUT2D eigenvalue weighted by molar-refractivity contribution is 5.75. The first-order chi connectivity index (χ1) is 10.6. The van der Waals surface area contributed by atoms with E-state index >= 15 is 0 Å². The Labute approximate surface area is 138 Å². The Morgan fingerprint density at radius 2 is 1.91 bits per heavy atom. The predicted molar refractivity (Wildman–Crippen MR) is 93.4 cm³/mol. The molecular formula is C18H25N3O2. The van der Waals surface area contributed by atoms with E-state index in [9.17, 15) is 4.79 Å². The summed E-state index contributed by atoms with van der Waals surface area (Å²) in [6.07, 6.45) is 3.70. The Morgan fingerprint density at radius 1 is 1.26 bits per heavy atom. The largest absolute Gasteiger partial charge is 0.461 e. The molecule has 0 aromatic heterocycles. The molecule has 0 amide bonds. The van der Waals surface area contributed by atoms with Crippen LogP contribution in [0.15, 0.2) is 29.4 Å². The van der Waals surface area contributed by atoms with E-state index in [1.807, 2.05) is 39.0 Å². The molecule has 0 N–H and O–H groups in total. The molecule has 1 rings (SSSR count). The van der Waals surface area contributed by atoms with Crippen molar-refractivity contribution < 1.29 is 9.53 Å². The van der Waals surface area contributed by atoms with Crippen LogP contribution in [0.3, 0.4) is 0 Å². The van der Waals surface area contributed by atoms with Crippen molar-refractivity contribution in [3.05, 3.63) is 45.8 Å². The molecule has 0 fully saturated rings. The van der Waals surface area contributed by atoms with Crippen molar-refractivity contribution in [1.29, 1.82) is 0 Å². The first-order valence-electron chi connectivity index (χ1n) is 7.59. The highest BCUT2D eigenvalue weighted by Gasteiger charge is 2.22. The smallest absolute Gasteiger partial charge is 0.311 e. The number of azide groups is 1. The fourth-order valence-electron chi connectivity index (χ4n) is 1.92. The van der Waals surface area contributed by atoms with Gasteiger partial charge in [-0.25, -0.2) is 0 Å². The van der Waals surface area contributed by atoms with E-state index in [4.69, 9.17) is 10.3 Å². The monoisotopic (exact) mass is 315 g/mol. The molecule has 0 aliphatic carbocycles. The fourth-order valence-corrected chi connectivity index (χ4v) is 1.92. The first kappa shape index (κ1) is 18.8. The van der Waals surface area contributed by atoms with E-state index in [-0.39, 0.29) is 18.0 Å². The highest BCUT2D eigenvalue weighted by Crippen LogP contribution is 2.32. The second kappa shape index (κ2) is 7.34. The molecule has 1 aromatic carbocycles. The Balaban J connectivity index is 2.88.